The number of aromatic hydroxyl groups is 2. The summed E-state index contributed by atoms with van der Waals surface area (Å²) in [6.07, 6.45) is 0. The van der Waals surface area contributed by atoms with Crippen molar-refractivity contribution >= 4 is 85.3 Å². The second-order valence-electron chi connectivity index (χ2n) is 15.1. The Morgan fingerprint density at radius 1 is 0.507 bits per heavy atom. The summed E-state index contributed by atoms with van der Waals surface area (Å²) in [5, 5.41) is 55.7. The lowest BCUT2D eigenvalue weighted by atomic mass is 10.0. The van der Waals surface area contributed by atoms with E-state index < -0.39 is 48.4 Å². The van der Waals surface area contributed by atoms with Gasteiger partial charge in [-0.3, -0.25) is 19.2 Å². The van der Waals surface area contributed by atoms with E-state index in [0.29, 0.717) is 22.1 Å². The number of anilines is 3. The number of para-hydroxylation sites is 2. The van der Waals surface area contributed by atoms with Crippen molar-refractivity contribution in [2.24, 2.45) is 10.2 Å². The molecule has 0 aliphatic carbocycles. The summed E-state index contributed by atoms with van der Waals surface area (Å²) in [6.45, 7) is -1.36. The first-order chi connectivity index (χ1) is 34.3. The van der Waals surface area contributed by atoms with Crippen LogP contribution in [0.3, 0.4) is 0 Å². The Bertz CT molecular complexity index is 3310. The maximum atomic E-state index is 13.0. The molecule has 0 saturated heterocycles. The zero-order valence-electron chi connectivity index (χ0n) is 38.0. The van der Waals surface area contributed by atoms with Crippen LogP contribution >= 0.6 is 0 Å². The number of nitrogens with one attached hydrogen (secondary N) is 2. The normalized spacial score (nSPS) is 10.5. The first-order valence-electron chi connectivity index (χ1n) is 21.4. The summed E-state index contributed by atoms with van der Waals surface area (Å²) in [5.41, 5.74) is 7.79. The SMILES string of the molecule is COC(=O)c1ccc(C(=O)CO)c(N=Nc2c(O)c(C(=O)Nc3ccccc3)cc3ccccc23)c1.COC(=O)c1ccc(C(=O)CO)cc1N.O=C(Nc1ccccc1)c1cc2ccccc2cc1O. The topological polar surface area (TPSA) is 277 Å². The number of ether oxygens (including phenoxy) is 2. The molecule has 8 aromatic carbocycles. The molecule has 0 heterocycles. The minimum absolute atomic E-state index is 0.00261. The van der Waals surface area contributed by atoms with E-state index >= 15 is 0 Å². The third-order valence-corrected chi connectivity index (χ3v) is 10.5. The van der Waals surface area contributed by atoms with Crippen LogP contribution in [0.25, 0.3) is 21.5 Å². The van der Waals surface area contributed by atoms with E-state index in [1.807, 2.05) is 48.5 Å². The van der Waals surface area contributed by atoms with Gasteiger partial charge in [-0.1, -0.05) is 91.0 Å². The lowest BCUT2D eigenvalue weighted by molar-refractivity contribution is 0.0592. The van der Waals surface area contributed by atoms with Crippen molar-refractivity contribution in [1.82, 2.24) is 0 Å². The fourth-order valence-corrected chi connectivity index (χ4v) is 6.85. The van der Waals surface area contributed by atoms with Gasteiger partial charge in [0.15, 0.2) is 17.3 Å². The van der Waals surface area contributed by atoms with E-state index in [-0.39, 0.29) is 62.1 Å². The fourth-order valence-electron chi connectivity index (χ4n) is 6.85. The number of azo groups is 1. The highest BCUT2D eigenvalue weighted by molar-refractivity contribution is 6.12. The second-order valence-corrected chi connectivity index (χ2v) is 15.1. The van der Waals surface area contributed by atoms with E-state index in [1.54, 1.807) is 78.9 Å². The number of amides is 2. The molecule has 0 bridgehead atoms. The molecule has 8 N–H and O–H groups in total. The highest BCUT2D eigenvalue weighted by Crippen LogP contribution is 2.40. The van der Waals surface area contributed by atoms with Crippen LogP contribution in [0, 0.1) is 0 Å². The Labute approximate surface area is 405 Å². The molecule has 0 aliphatic rings. The van der Waals surface area contributed by atoms with Crippen LogP contribution in [0.4, 0.5) is 28.4 Å². The van der Waals surface area contributed by atoms with E-state index in [4.69, 9.17) is 15.6 Å². The summed E-state index contributed by atoms with van der Waals surface area (Å²) in [5.74, 6) is -3.59. The van der Waals surface area contributed by atoms with Crippen molar-refractivity contribution in [1.29, 1.82) is 0 Å². The Hall–Kier alpha value is -9.58. The summed E-state index contributed by atoms with van der Waals surface area (Å²) < 4.78 is 9.21. The number of fused-ring (bicyclic) bond motifs is 2. The van der Waals surface area contributed by atoms with Crippen molar-refractivity contribution in [2.45, 2.75) is 0 Å². The molecule has 0 spiro atoms. The molecule has 17 heteroatoms. The fraction of sp³-hybridized carbons (Fsp3) is 0.0741. The lowest BCUT2D eigenvalue weighted by Crippen LogP contribution is -2.12. The van der Waals surface area contributed by atoms with Gasteiger partial charge in [-0.25, -0.2) is 9.59 Å². The van der Waals surface area contributed by atoms with Crippen molar-refractivity contribution in [3.63, 3.8) is 0 Å². The van der Waals surface area contributed by atoms with E-state index in [2.05, 4.69) is 25.6 Å². The van der Waals surface area contributed by atoms with E-state index in [0.717, 1.165) is 10.8 Å². The number of esters is 2. The number of nitrogens with two attached hydrogens (primary N) is 1. The lowest BCUT2D eigenvalue weighted by Gasteiger charge is -2.11. The number of ketones is 2. The number of phenols is 2. The first kappa shape index (κ1) is 50.8. The number of aliphatic hydroxyl groups is 2. The highest BCUT2D eigenvalue weighted by atomic mass is 16.5. The summed E-state index contributed by atoms with van der Waals surface area (Å²) in [6, 6.07) is 45.5. The van der Waals surface area contributed by atoms with Crippen LogP contribution in [0.1, 0.15) is 62.1 Å². The predicted octanol–water partition coefficient (Wildman–Crippen LogP) is 9.20. The van der Waals surface area contributed by atoms with Crippen LogP contribution in [-0.2, 0) is 9.47 Å². The van der Waals surface area contributed by atoms with Gasteiger partial charge in [0.25, 0.3) is 11.8 Å². The number of methoxy groups -OCH3 is 2. The minimum Gasteiger partial charge on any atom is -0.507 e. The molecule has 0 atom stereocenters. The molecule has 17 nitrogen and oxygen atoms in total. The Kier molecular flexibility index (Phi) is 17.1. The highest BCUT2D eigenvalue weighted by Gasteiger charge is 2.20. The van der Waals surface area contributed by atoms with Crippen LogP contribution < -0.4 is 16.4 Å². The minimum atomic E-state index is -0.774. The number of benzene rings is 8. The average molecular weight is 956 g/mol. The molecule has 0 radical (unpaired) electrons. The Morgan fingerprint density at radius 3 is 1.59 bits per heavy atom. The molecule has 0 aliphatic heterocycles. The van der Waals surface area contributed by atoms with Gasteiger partial charge in [0.2, 0.25) is 0 Å². The number of nitrogens with zero attached hydrogens (tertiary/aromatic N) is 2. The number of hydrogen-bond donors (Lipinski definition) is 7. The number of nitrogen functional groups attached to an aromatic ring is 1. The molecule has 358 valence electrons. The number of phenolic OH excluding ortho intramolecular Hbond substituents is 2. The smallest absolute Gasteiger partial charge is 0.339 e. The number of carbonyl (C=O) groups is 6. The van der Waals surface area contributed by atoms with E-state index in [9.17, 15) is 44.1 Å². The standard InChI is InChI=1S/C27H21N3O6.C17H13NO2.C10H11NO4/c1-36-27(35)17-11-12-20(23(32)15-31)22(14-17)29-30-24-19-10-6-5-7-16(19)13-21(25(24)33)26(34)28-18-8-3-2-4-9-18;19-16-11-13-7-5-4-6-12(13)10-15(16)17(20)18-14-8-2-1-3-9-14;1-15-10(14)7-3-2-6(4-8(7)11)9(13)5-12/h2-14,31,33H,15H2,1H3,(H,28,34);1-11,19H,(H,18,20);2-4,12H,5,11H2,1H3. The average Bonchev–Trinajstić information content (AvgIpc) is 3.40. The molecule has 8 rings (SSSR count). The number of Topliss-reactive ketones (excluding diaryl/α,β-unsaturated/α-hetero) is 2. The Morgan fingerprint density at radius 2 is 1.01 bits per heavy atom. The van der Waals surface area contributed by atoms with Crippen LogP contribution in [0.15, 0.2) is 174 Å². The number of carbonyl (C=O) groups excluding carboxylic acids is 6. The van der Waals surface area contributed by atoms with Crippen molar-refractivity contribution in [2.75, 3.05) is 43.8 Å². The van der Waals surface area contributed by atoms with Crippen LogP contribution in [-0.4, -0.2) is 83.2 Å². The van der Waals surface area contributed by atoms with Gasteiger partial charge in [0.1, 0.15) is 24.7 Å². The second kappa shape index (κ2) is 23.9. The third-order valence-electron chi connectivity index (χ3n) is 10.5. The summed E-state index contributed by atoms with van der Waals surface area (Å²) in [4.78, 5) is 71.6. The number of rotatable bonds is 12. The van der Waals surface area contributed by atoms with Crippen molar-refractivity contribution in [3.8, 4) is 11.5 Å². The molecular formula is C54H45N5O12. The molecule has 0 fully saturated rings. The number of hydrogen-bond acceptors (Lipinski definition) is 15. The molecular weight excluding hydrogens is 911 g/mol. The summed E-state index contributed by atoms with van der Waals surface area (Å²) in [7, 11) is 2.46. The van der Waals surface area contributed by atoms with Crippen LogP contribution in [0.5, 0.6) is 11.5 Å². The molecule has 0 aromatic heterocycles. The maximum Gasteiger partial charge on any atom is 0.339 e. The van der Waals surface area contributed by atoms with Gasteiger partial charge < -0.3 is 46.3 Å². The third kappa shape index (κ3) is 12.7. The molecule has 8 aromatic rings. The van der Waals surface area contributed by atoms with Crippen LogP contribution in [0.2, 0.25) is 0 Å². The predicted molar refractivity (Wildman–Crippen MR) is 267 cm³/mol. The molecule has 2 amide bonds. The first-order valence-corrected chi connectivity index (χ1v) is 21.4. The van der Waals surface area contributed by atoms with Crippen molar-refractivity contribution < 1.29 is 58.7 Å². The van der Waals surface area contributed by atoms with E-state index in [1.165, 1.54) is 50.6 Å². The monoisotopic (exact) mass is 955 g/mol. The van der Waals surface area contributed by atoms with Gasteiger partial charge in [0, 0.05) is 33.6 Å². The quantitative estimate of drug-likeness (QED) is 0.0261. The molecule has 0 unspecified atom stereocenters. The zero-order chi connectivity index (χ0) is 51.0. The largest absolute Gasteiger partial charge is 0.507 e. The zero-order valence-corrected chi connectivity index (χ0v) is 38.0. The Balaban J connectivity index is 0.000000197. The van der Waals surface area contributed by atoms with Gasteiger partial charge in [0.05, 0.1) is 42.2 Å². The van der Waals surface area contributed by atoms with Gasteiger partial charge in [-0.15, -0.1) is 10.2 Å². The van der Waals surface area contributed by atoms with Crippen molar-refractivity contribution in [3.05, 3.63) is 197 Å². The number of aliphatic hydroxyl groups excluding tert-OH is 2. The molecule has 71 heavy (non-hydrogen) atoms. The van der Waals surface area contributed by atoms with Gasteiger partial charge in [-0.05, 0) is 89.0 Å². The van der Waals surface area contributed by atoms with Gasteiger partial charge >= 0.3 is 11.9 Å². The molecule has 0 saturated carbocycles. The van der Waals surface area contributed by atoms with Gasteiger partial charge in [-0.2, -0.15) is 0 Å². The summed E-state index contributed by atoms with van der Waals surface area (Å²) >= 11 is 0. The maximum absolute atomic E-state index is 13.0.